The fraction of sp³-hybridized carbons (Fsp3) is 0.263. The third-order valence-corrected chi connectivity index (χ3v) is 3.85. The Balaban J connectivity index is 2.03. The highest BCUT2D eigenvalue weighted by atomic mass is 32.2. The molecule has 0 atom stereocenters. The molecule has 0 saturated heterocycles. The zero-order valence-corrected chi connectivity index (χ0v) is 15.6. The topological polar surface area (TPSA) is 60.5 Å². The fourth-order valence-electron chi connectivity index (χ4n) is 2.07. The van der Waals surface area contributed by atoms with Crippen LogP contribution in [0.4, 0.5) is 5.69 Å². The van der Waals surface area contributed by atoms with E-state index < -0.39 is 0 Å². The van der Waals surface area contributed by atoms with Gasteiger partial charge in [0, 0.05) is 6.08 Å². The molecule has 25 heavy (non-hydrogen) atoms. The Hall–Kier alpha value is -2.47. The van der Waals surface area contributed by atoms with E-state index in [1.807, 2.05) is 50.4 Å². The molecule has 0 spiro atoms. The number of methoxy groups -OCH3 is 1. The molecule has 0 aliphatic rings. The first-order valence-electron chi connectivity index (χ1n) is 7.85. The molecule has 0 bridgehead atoms. The van der Waals surface area contributed by atoms with Gasteiger partial charge in [-0.2, -0.15) is 0 Å². The number of benzene rings is 1. The molecule has 0 radical (unpaired) electrons. The van der Waals surface area contributed by atoms with E-state index in [2.05, 4.69) is 10.3 Å². The molecule has 1 aromatic heterocycles. The van der Waals surface area contributed by atoms with Crippen molar-refractivity contribution in [2.45, 2.75) is 25.0 Å². The maximum atomic E-state index is 12.0. The van der Waals surface area contributed by atoms with Crippen molar-refractivity contribution in [2.24, 2.45) is 0 Å². The molecule has 6 heteroatoms. The highest BCUT2D eigenvalue weighted by Gasteiger charge is 2.07. The van der Waals surface area contributed by atoms with Crippen LogP contribution in [-0.4, -0.2) is 30.4 Å². The number of amides is 1. The van der Waals surface area contributed by atoms with Gasteiger partial charge < -0.3 is 14.8 Å². The zero-order valence-electron chi connectivity index (χ0n) is 14.8. The third-order valence-electron chi connectivity index (χ3n) is 3.19. The second-order valence-corrected chi connectivity index (χ2v) is 6.32. The molecule has 0 aliphatic carbocycles. The standard InChI is InChI=1S/C19H22N2O3S/c1-13(2)24-16-8-5-14(11-17(16)23-3)6-9-18(22)21-15-7-10-19(25-4)20-12-15/h5-13H,1-4H3,(H,21,22)/b9-6+. The average molecular weight is 358 g/mol. The van der Waals surface area contributed by atoms with Gasteiger partial charge in [-0.15, -0.1) is 11.8 Å². The van der Waals surface area contributed by atoms with Crippen molar-refractivity contribution in [1.29, 1.82) is 0 Å². The number of rotatable bonds is 7. The Morgan fingerprint density at radius 2 is 2.04 bits per heavy atom. The summed E-state index contributed by atoms with van der Waals surface area (Å²) in [5, 5.41) is 3.68. The number of hydrogen-bond acceptors (Lipinski definition) is 5. The van der Waals surface area contributed by atoms with Gasteiger partial charge >= 0.3 is 0 Å². The zero-order chi connectivity index (χ0) is 18.2. The molecule has 1 amide bonds. The number of ether oxygens (including phenoxy) is 2. The summed E-state index contributed by atoms with van der Waals surface area (Å²) in [7, 11) is 1.59. The monoisotopic (exact) mass is 358 g/mol. The number of hydrogen-bond donors (Lipinski definition) is 1. The number of carbonyl (C=O) groups is 1. The molecule has 0 fully saturated rings. The van der Waals surface area contributed by atoms with Gasteiger partial charge in [-0.3, -0.25) is 4.79 Å². The second-order valence-electron chi connectivity index (χ2n) is 5.49. The maximum Gasteiger partial charge on any atom is 0.248 e. The van der Waals surface area contributed by atoms with Crippen LogP contribution in [0.25, 0.3) is 6.08 Å². The molecule has 132 valence electrons. The van der Waals surface area contributed by atoms with Crippen LogP contribution in [0.2, 0.25) is 0 Å². The minimum atomic E-state index is -0.222. The van der Waals surface area contributed by atoms with Crippen molar-refractivity contribution in [1.82, 2.24) is 4.98 Å². The number of aromatic nitrogens is 1. The van der Waals surface area contributed by atoms with E-state index in [4.69, 9.17) is 9.47 Å². The molecule has 2 aromatic rings. The van der Waals surface area contributed by atoms with E-state index in [1.165, 1.54) is 6.08 Å². The predicted molar refractivity (Wildman–Crippen MR) is 102 cm³/mol. The van der Waals surface area contributed by atoms with Gasteiger partial charge in [0.15, 0.2) is 11.5 Å². The highest BCUT2D eigenvalue weighted by molar-refractivity contribution is 7.98. The van der Waals surface area contributed by atoms with Gasteiger partial charge in [0.1, 0.15) is 0 Å². The van der Waals surface area contributed by atoms with E-state index in [-0.39, 0.29) is 12.0 Å². The summed E-state index contributed by atoms with van der Waals surface area (Å²) in [6.45, 7) is 3.91. The summed E-state index contributed by atoms with van der Waals surface area (Å²) in [6.07, 6.45) is 6.85. The number of nitrogens with zero attached hydrogens (tertiary/aromatic N) is 1. The van der Waals surface area contributed by atoms with Crippen LogP contribution in [0.5, 0.6) is 11.5 Å². The van der Waals surface area contributed by atoms with E-state index in [1.54, 1.807) is 31.1 Å². The highest BCUT2D eigenvalue weighted by Crippen LogP contribution is 2.29. The van der Waals surface area contributed by atoms with Crippen molar-refractivity contribution >= 4 is 29.4 Å². The molecule has 1 heterocycles. The van der Waals surface area contributed by atoms with Gasteiger partial charge in [-0.05, 0) is 56.0 Å². The Labute approximate surface area is 152 Å². The van der Waals surface area contributed by atoms with Gasteiger partial charge in [-0.1, -0.05) is 6.07 Å². The average Bonchev–Trinajstić information content (AvgIpc) is 2.61. The number of carbonyl (C=O) groups excluding carboxylic acids is 1. The summed E-state index contributed by atoms with van der Waals surface area (Å²) in [5.41, 5.74) is 1.50. The first kappa shape index (κ1) is 18.9. The smallest absolute Gasteiger partial charge is 0.248 e. The Morgan fingerprint density at radius 1 is 1.24 bits per heavy atom. The lowest BCUT2D eigenvalue weighted by Gasteiger charge is -2.13. The van der Waals surface area contributed by atoms with Gasteiger partial charge in [0.2, 0.25) is 5.91 Å². The molecule has 0 unspecified atom stereocenters. The normalized spacial score (nSPS) is 10.9. The van der Waals surface area contributed by atoms with Crippen molar-refractivity contribution in [2.75, 3.05) is 18.7 Å². The van der Waals surface area contributed by atoms with Crippen LogP contribution in [0.3, 0.4) is 0 Å². The molecule has 0 saturated carbocycles. The number of nitrogens with one attached hydrogen (secondary N) is 1. The van der Waals surface area contributed by atoms with Crippen LogP contribution in [0.15, 0.2) is 47.6 Å². The number of thioether (sulfide) groups is 1. The van der Waals surface area contributed by atoms with Crippen LogP contribution < -0.4 is 14.8 Å². The van der Waals surface area contributed by atoms with E-state index >= 15 is 0 Å². The Bertz CT molecular complexity index is 743. The van der Waals surface area contributed by atoms with Crippen LogP contribution in [-0.2, 0) is 4.79 Å². The summed E-state index contributed by atoms with van der Waals surface area (Å²) in [4.78, 5) is 16.2. The summed E-state index contributed by atoms with van der Waals surface area (Å²) < 4.78 is 11.0. The van der Waals surface area contributed by atoms with E-state index in [0.29, 0.717) is 17.2 Å². The number of pyridine rings is 1. The first-order chi connectivity index (χ1) is 12.0. The minimum Gasteiger partial charge on any atom is -0.493 e. The summed E-state index contributed by atoms with van der Waals surface area (Å²) >= 11 is 1.55. The molecular formula is C19H22N2O3S. The van der Waals surface area contributed by atoms with Crippen molar-refractivity contribution in [3.63, 3.8) is 0 Å². The lowest BCUT2D eigenvalue weighted by molar-refractivity contribution is -0.111. The SMILES string of the molecule is COc1cc(/C=C/C(=O)Nc2ccc(SC)nc2)ccc1OC(C)C. The largest absolute Gasteiger partial charge is 0.493 e. The van der Waals surface area contributed by atoms with Crippen LogP contribution in [0, 0.1) is 0 Å². The number of anilines is 1. The lowest BCUT2D eigenvalue weighted by atomic mass is 10.2. The van der Waals surface area contributed by atoms with E-state index in [9.17, 15) is 4.79 Å². The van der Waals surface area contributed by atoms with Crippen molar-refractivity contribution in [3.05, 3.63) is 48.2 Å². The predicted octanol–water partition coefficient (Wildman–Crippen LogP) is 4.25. The molecule has 2 rings (SSSR count). The third kappa shape index (κ3) is 5.83. The molecular weight excluding hydrogens is 336 g/mol. The summed E-state index contributed by atoms with van der Waals surface area (Å²) in [6, 6.07) is 9.23. The Kier molecular flexibility index (Phi) is 6.89. The second kappa shape index (κ2) is 9.13. The van der Waals surface area contributed by atoms with Crippen molar-refractivity contribution < 1.29 is 14.3 Å². The molecule has 0 aliphatic heterocycles. The molecule has 5 nitrogen and oxygen atoms in total. The van der Waals surface area contributed by atoms with Gasteiger partial charge in [0.05, 0.1) is 30.1 Å². The Morgan fingerprint density at radius 3 is 2.64 bits per heavy atom. The van der Waals surface area contributed by atoms with Crippen LogP contribution >= 0.6 is 11.8 Å². The molecule has 1 N–H and O–H groups in total. The van der Waals surface area contributed by atoms with E-state index in [0.717, 1.165) is 10.6 Å². The van der Waals surface area contributed by atoms with Crippen molar-refractivity contribution in [3.8, 4) is 11.5 Å². The van der Waals surface area contributed by atoms with Crippen LogP contribution in [0.1, 0.15) is 19.4 Å². The maximum absolute atomic E-state index is 12.0. The fourth-order valence-corrected chi connectivity index (χ4v) is 2.43. The lowest BCUT2D eigenvalue weighted by Crippen LogP contribution is -2.08. The quantitative estimate of drug-likeness (QED) is 0.592. The minimum absolute atomic E-state index is 0.0622. The summed E-state index contributed by atoms with van der Waals surface area (Å²) in [5.74, 6) is 1.09. The van der Waals surface area contributed by atoms with Gasteiger partial charge in [-0.25, -0.2) is 4.98 Å². The first-order valence-corrected chi connectivity index (χ1v) is 9.08. The van der Waals surface area contributed by atoms with Gasteiger partial charge in [0.25, 0.3) is 0 Å². The molecule has 1 aromatic carbocycles.